The SMILES string of the molecule is FC(F)(F)c1cccc2cc(Nc3n[nH]c4cccnc34)ccc12. The largest absolute Gasteiger partial charge is 0.417 e. The Bertz CT molecular complexity index is 1040. The first-order chi connectivity index (χ1) is 11.5. The van der Waals surface area contributed by atoms with Crippen molar-refractivity contribution in [3.05, 3.63) is 60.3 Å². The first-order valence-electron chi connectivity index (χ1n) is 7.18. The van der Waals surface area contributed by atoms with E-state index in [-0.39, 0.29) is 5.39 Å². The van der Waals surface area contributed by atoms with Gasteiger partial charge in [-0.15, -0.1) is 0 Å². The molecule has 120 valence electrons. The van der Waals surface area contributed by atoms with Crippen molar-refractivity contribution in [2.24, 2.45) is 0 Å². The lowest BCUT2D eigenvalue weighted by atomic mass is 10.0. The van der Waals surface area contributed by atoms with E-state index in [9.17, 15) is 13.2 Å². The lowest BCUT2D eigenvalue weighted by molar-refractivity contribution is -0.136. The summed E-state index contributed by atoms with van der Waals surface area (Å²) in [5.74, 6) is 0.525. The molecule has 0 radical (unpaired) electrons. The van der Waals surface area contributed by atoms with Gasteiger partial charge in [0.2, 0.25) is 0 Å². The van der Waals surface area contributed by atoms with Crippen LogP contribution in [0.15, 0.2) is 54.7 Å². The zero-order chi connectivity index (χ0) is 16.7. The van der Waals surface area contributed by atoms with Gasteiger partial charge < -0.3 is 5.32 Å². The maximum atomic E-state index is 13.1. The van der Waals surface area contributed by atoms with Crippen LogP contribution in [-0.2, 0) is 6.18 Å². The highest BCUT2D eigenvalue weighted by molar-refractivity contribution is 5.92. The Hall–Kier alpha value is -3.09. The van der Waals surface area contributed by atoms with Crippen molar-refractivity contribution in [2.75, 3.05) is 5.32 Å². The quantitative estimate of drug-likeness (QED) is 0.552. The summed E-state index contributed by atoms with van der Waals surface area (Å²) in [5.41, 5.74) is 1.45. The van der Waals surface area contributed by atoms with Crippen LogP contribution in [0.3, 0.4) is 0 Å². The highest BCUT2D eigenvalue weighted by atomic mass is 19.4. The van der Waals surface area contributed by atoms with Gasteiger partial charge in [0.15, 0.2) is 5.82 Å². The number of pyridine rings is 1. The number of aromatic amines is 1. The van der Waals surface area contributed by atoms with Crippen molar-refractivity contribution in [3.63, 3.8) is 0 Å². The van der Waals surface area contributed by atoms with E-state index in [0.29, 0.717) is 22.4 Å². The van der Waals surface area contributed by atoms with E-state index in [0.717, 1.165) is 11.6 Å². The molecule has 0 aliphatic carbocycles. The minimum absolute atomic E-state index is 0.167. The second-order valence-electron chi connectivity index (χ2n) is 5.34. The van der Waals surface area contributed by atoms with E-state index in [1.54, 1.807) is 30.5 Å². The second kappa shape index (κ2) is 5.23. The molecule has 0 amide bonds. The fraction of sp³-hybridized carbons (Fsp3) is 0.0588. The Morgan fingerprint density at radius 1 is 1.00 bits per heavy atom. The normalized spacial score (nSPS) is 12.0. The molecule has 4 aromatic rings. The molecule has 0 saturated heterocycles. The maximum absolute atomic E-state index is 13.1. The first kappa shape index (κ1) is 14.5. The van der Waals surface area contributed by atoms with Crippen molar-refractivity contribution in [2.45, 2.75) is 6.18 Å². The smallest absolute Gasteiger partial charge is 0.337 e. The predicted molar refractivity (Wildman–Crippen MR) is 86.1 cm³/mol. The molecule has 2 heterocycles. The third-order valence-electron chi connectivity index (χ3n) is 3.77. The van der Waals surface area contributed by atoms with E-state index >= 15 is 0 Å². The van der Waals surface area contributed by atoms with Gasteiger partial charge in [0.25, 0.3) is 0 Å². The molecule has 0 bridgehead atoms. The number of benzene rings is 2. The topological polar surface area (TPSA) is 53.6 Å². The van der Waals surface area contributed by atoms with E-state index in [1.807, 2.05) is 6.07 Å². The Morgan fingerprint density at radius 2 is 1.88 bits per heavy atom. The lowest BCUT2D eigenvalue weighted by Crippen LogP contribution is -2.05. The van der Waals surface area contributed by atoms with Gasteiger partial charge in [-0.2, -0.15) is 18.3 Å². The molecule has 0 atom stereocenters. The third kappa shape index (κ3) is 2.44. The van der Waals surface area contributed by atoms with Crippen LogP contribution in [0.25, 0.3) is 21.8 Å². The van der Waals surface area contributed by atoms with E-state index < -0.39 is 11.7 Å². The van der Waals surface area contributed by atoms with Crippen LogP contribution >= 0.6 is 0 Å². The average molecular weight is 328 g/mol. The summed E-state index contributed by atoms with van der Waals surface area (Å²) in [6, 6.07) is 12.5. The van der Waals surface area contributed by atoms with Crippen LogP contribution in [0.1, 0.15) is 5.56 Å². The number of hydrogen-bond donors (Lipinski definition) is 2. The average Bonchev–Trinajstić information content (AvgIpc) is 2.96. The number of hydrogen-bond acceptors (Lipinski definition) is 3. The summed E-state index contributed by atoms with van der Waals surface area (Å²) in [7, 11) is 0. The van der Waals surface area contributed by atoms with Gasteiger partial charge in [0.1, 0.15) is 5.52 Å². The van der Waals surface area contributed by atoms with Gasteiger partial charge in [-0.05, 0) is 41.1 Å². The van der Waals surface area contributed by atoms with Gasteiger partial charge in [-0.3, -0.25) is 10.1 Å². The summed E-state index contributed by atoms with van der Waals surface area (Å²) in [6.07, 6.45) is -2.73. The second-order valence-corrected chi connectivity index (χ2v) is 5.34. The monoisotopic (exact) mass is 328 g/mol. The Labute approximate surface area is 134 Å². The van der Waals surface area contributed by atoms with Gasteiger partial charge in [-0.25, -0.2) is 0 Å². The van der Waals surface area contributed by atoms with Crippen LogP contribution in [-0.4, -0.2) is 15.2 Å². The fourth-order valence-electron chi connectivity index (χ4n) is 2.69. The molecule has 4 rings (SSSR count). The Balaban J connectivity index is 1.76. The number of halogens is 3. The maximum Gasteiger partial charge on any atom is 0.417 e. The van der Waals surface area contributed by atoms with Gasteiger partial charge >= 0.3 is 6.18 Å². The Morgan fingerprint density at radius 3 is 2.71 bits per heavy atom. The van der Waals surface area contributed by atoms with Crippen molar-refractivity contribution in [1.82, 2.24) is 15.2 Å². The molecule has 7 heteroatoms. The third-order valence-corrected chi connectivity index (χ3v) is 3.77. The molecule has 0 unspecified atom stereocenters. The van der Waals surface area contributed by atoms with Crippen molar-refractivity contribution >= 4 is 33.3 Å². The molecular weight excluding hydrogens is 317 g/mol. The molecular formula is C17H11F3N4. The molecule has 24 heavy (non-hydrogen) atoms. The summed E-state index contributed by atoms with van der Waals surface area (Å²) >= 11 is 0. The number of H-pyrrole nitrogens is 1. The summed E-state index contributed by atoms with van der Waals surface area (Å²) in [5, 5.41) is 10.8. The number of nitrogens with one attached hydrogen (secondary N) is 2. The molecule has 2 aromatic heterocycles. The van der Waals surface area contributed by atoms with Crippen LogP contribution in [0.2, 0.25) is 0 Å². The fourth-order valence-corrected chi connectivity index (χ4v) is 2.69. The molecule has 2 N–H and O–H groups in total. The van der Waals surface area contributed by atoms with E-state index in [1.165, 1.54) is 12.1 Å². The predicted octanol–water partition coefficient (Wildman–Crippen LogP) is 4.87. The molecule has 4 nitrogen and oxygen atoms in total. The van der Waals surface area contributed by atoms with Gasteiger partial charge in [0, 0.05) is 11.9 Å². The highest BCUT2D eigenvalue weighted by Crippen LogP contribution is 2.35. The van der Waals surface area contributed by atoms with E-state index in [4.69, 9.17) is 0 Å². The number of anilines is 2. The highest BCUT2D eigenvalue weighted by Gasteiger charge is 2.32. The number of aromatic nitrogens is 3. The van der Waals surface area contributed by atoms with Crippen LogP contribution in [0.4, 0.5) is 24.7 Å². The molecule has 0 aliphatic heterocycles. The van der Waals surface area contributed by atoms with Crippen LogP contribution in [0.5, 0.6) is 0 Å². The van der Waals surface area contributed by atoms with Crippen LogP contribution < -0.4 is 5.32 Å². The van der Waals surface area contributed by atoms with Crippen LogP contribution in [0, 0.1) is 0 Å². The molecule has 0 fully saturated rings. The zero-order valence-electron chi connectivity index (χ0n) is 12.2. The summed E-state index contributed by atoms with van der Waals surface area (Å²) < 4.78 is 39.2. The molecule has 2 aromatic carbocycles. The number of rotatable bonds is 2. The molecule has 0 spiro atoms. The molecule has 0 aliphatic rings. The minimum Gasteiger partial charge on any atom is -0.337 e. The summed E-state index contributed by atoms with van der Waals surface area (Å²) in [4.78, 5) is 4.24. The standard InChI is InChI=1S/C17H11F3N4/c18-17(19,20)13-4-1-3-10-9-11(6-7-12(10)13)22-16-15-14(23-24-16)5-2-8-21-15/h1-9H,(H2,22,23,24). The van der Waals surface area contributed by atoms with Crippen molar-refractivity contribution < 1.29 is 13.2 Å². The summed E-state index contributed by atoms with van der Waals surface area (Å²) in [6.45, 7) is 0. The Kier molecular flexibility index (Phi) is 3.16. The van der Waals surface area contributed by atoms with Gasteiger partial charge in [-0.1, -0.05) is 18.2 Å². The number of alkyl halides is 3. The molecule has 0 saturated carbocycles. The van der Waals surface area contributed by atoms with Crippen molar-refractivity contribution in [3.8, 4) is 0 Å². The number of nitrogens with zero attached hydrogens (tertiary/aromatic N) is 2. The minimum atomic E-state index is -4.38. The first-order valence-corrected chi connectivity index (χ1v) is 7.18. The van der Waals surface area contributed by atoms with Crippen molar-refractivity contribution in [1.29, 1.82) is 0 Å². The lowest BCUT2D eigenvalue weighted by Gasteiger charge is -2.11. The van der Waals surface area contributed by atoms with E-state index in [2.05, 4.69) is 20.5 Å². The van der Waals surface area contributed by atoms with Gasteiger partial charge in [0.05, 0.1) is 11.1 Å². The zero-order valence-corrected chi connectivity index (χ0v) is 12.2. The number of fused-ring (bicyclic) bond motifs is 2.